The molecule has 0 aromatic carbocycles. The van der Waals surface area contributed by atoms with Gasteiger partial charge in [0.15, 0.2) is 5.82 Å². The van der Waals surface area contributed by atoms with Crippen molar-refractivity contribution in [3.63, 3.8) is 0 Å². The standard InChI is InChI=1S/C15H24N4O/c1-3-4-5-6-7-12(11(2)20)19-10-18-14-13(19)8-9-17-15(14)16/h8-12,20H,3-7H2,1-2H3,(H2,16,17). The van der Waals surface area contributed by atoms with Gasteiger partial charge >= 0.3 is 0 Å². The molecule has 0 fully saturated rings. The van der Waals surface area contributed by atoms with Gasteiger partial charge in [-0.15, -0.1) is 0 Å². The van der Waals surface area contributed by atoms with E-state index in [9.17, 15) is 5.11 Å². The largest absolute Gasteiger partial charge is 0.391 e. The van der Waals surface area contributed by atoms with Crippen LogP contribution in [0.3, 0.4) is 0 Å². The van der Waals surface area contributed by atoms with Crippen LogP contribution in [0, 0.1) is 0 Å². The van der Waals surface area contributed by atoms with E-state index >= 15 is 0 Å². The minimum atomic E-state index is -0.414. The number of rotatable bonds is 7. The van der Waals surface area contributed by atoms with Crippen molar-refractivity contribution in [3.8, 4) is 0 Å². The Kier molecular flexibility index (Phi) is 4.95. The molecule has 0 aliphatic carbocycles. The summed E-state index contributed by atoms with van der Waals surface area (Å²) in [5.41, 5.74) is 7.49. The van der Waals surface area contributed by atoms with Gasteiger partial charge in [0.1, 0.15) is 5.52 Å². The lowest BCUT2D eigenvalue weighted by Crippen LogP contribution is -2.21. The second-order valence-corrected chi connectivity index (χ2v) is 5.37. The zero-order chi connectivity index (χ0) is 14.5. The van der Waals surface area contributed by atoms with Crippen LogP contribution in [0.4, 0.5) is 5.82 Å². The highest BCUT2D eigenvalue weighted by molar-refractivity contribution is 5.84. The molecule has 2 unspecified atom stereocenters. The molecule has 0 spiro atoms. The van der Waals surface area contributed by atoms with E-state index in [0.29, 0.717) is 11.3 Å². The molecular weight excluding hydrogens is 252 g/mol. The summed E-state index contributed by atoms with van der Waals surface area (Å²) < 4.78 is 2.03. The Hall–Kier alpha value is -1.62. The number of fused-ring (bicyclic) bond motifs is 1. The summed E-state index contributed by atoms with van der Waals surface area (Å²) >= 11 is 0. The van der Waals surface area contributed by atoms with E-state index in [4.69, 9.17) is 5.73 Å². The van der Waals surface area contributed by atoms with Gasteiger partial charge in [-0.3, -0.25) is 0 Å². The fourth-order valence-electron chi connectivity index (χ4n) is 2.64. The van der Waals surface area contributed by atoms with Crippen LogP contribution in [-0.2, 0) is 0 Å². The van der Waals surface area contributed by atoms with Gasteiger partial charge in [-0.25, -0.2) is 9.97 Å². The number of nitrogens with two attached hydrogens (primary N) is 1. The van der Waals surface area contributed by atoms with Crippen molar-refractivity contribution < 1.29 is 5.11 Å². The first kappa shape index (κ1) is 14.8. The summed E-state index contributed by atoms with van der Waals surface area (Å²) in [4.78, 5) is 8.38. The highest BCUT2D eigenvalue weighted by Gasteiger charge is 2.19. The Morgan fingerprint density at radius 1 is 1.30 bits per heavy atom. The van der Waals surface area contributed by atoms with Crippen molar-refractivity contribution in [1.29, 1.82) is 0 Å². The number of anilines is 1. The summed E-state index contributed by atoms with van der Waals surface area (Å²) in [6.07, 6.45) is 8.77. The van der Waals surface area contributed by atoms with Crippen LogP contribution in [0.15, 0.2) is 18.6 Å². The summed E-state index contributed by atoms with van der Waals surface area (Å²) in [5, 5.41) is 10.1. The maximum Gasteiger partial charge on any atom is 0.151 e. The van der Waals surface area contributed by atoms with E-state index in [2.05, 4.69) is 16.9 Å². The number of nitrogens with zero attached hydrogens (tertiary/aromatic N) is 3. The van der Waals surface area contributed by atoms with Gasteiger partial charge in [0.25, 0.3) is 0 Å². The Morgan fingerprint density at radius 3 is 2.80 bits per heavy atom. The third kappa shape index (κ3) is 3.10. The third-order valence-electron chi connectivity index (χ3n) is 3.79. The van der Waals surface area contributed by atoms with Crippen molar-refractivity contribution in [2.45, 2.75) is 58.1 Å². The lowest BCUT2D eigenvalue weighted by Gasteiger charge is -2.22. The van der Waals surface area contributed by atoms with Crippen molar-refractivity contribution in [2.24, 2.45) is 0 Å². The third-order valence-corrected chi connectivity index (χ3v) is 3.79. The van der Waals surface area contributed by atoms with Gasteiger partial charge in [0.2, 0.25) is 0 Å². The summed E-state index contributed by atoms with van der Waals surface area (Å²) in [5.74, 6) is 0.441. The molecular formula is C15H24N4O. The van der Waals surface area contributed by atoms with Crippen molar-refractivity contribution in [3.05, 3.63) is 18.6 Å². The van der Waals surface area contributed by atoms with Crippen LogP contribution < -0.4 is 5.73 Å². The van der Waals surface area contributed by atoms with Gasteiger partial charge < -0.3 is 15.4 Å². The van der Waals surface area contributed by atoms with Crippen molar-refractivity contribution in [2.75, 3.05) is 5.73 Å². The molecule has 0 aliphatic rings. The van der Waals surface area contributed by atoms with E-state index in [1.165, 1.54) is 19.3 Å². The number of imidazole rings is 1. The normalized spacial score (nSPS) is 14.6. The topological polar surface area (TPSA) is 77.0 Å². The molecule has 2 heterocycles. The van der Waals surface area contributed by atoms with Crippen LogP contribution in [0.5, 0.6) is 0 Å². The van der Waals surface area contributed by atoms with Gasteiger partial charge in [-0.2, -0.15) is 0 Å². The number of pyridine rings is 1. The maximum atomic E-state index is 10.1. The number of hydrogen-bond acceptors (Lipinski definition) is 4. The molecule has 5 nitrogen and oxygen atoms in total. The Labute approximate surface area is 119 Å². The van der Waals surface area contributed by atoms with Crippen molar-refractivity contribution >= 4 is 16.9 Å². The second kappa shape index (κ2) is 6.70. The molecule has 0 aliphatic heterocycles. The van der Waals surface area contributed by atoms with E-state index in [0.717, 1.165) is 18.4 Å². The maximum absolute atomic E-state index is 10.1. The average Bonchev–Trinajstić information content (AvgIpc) is 2.84. The molecule has 5 heteroatoms. The summed E-state index contributed by atoms with van der Waals surface area (Å²) in [6.45, 7) is 4.03. The van der Waals surface area contributed by atoms with Gasteiger partial charge in [-0.05, 0) is 19.4 Å². The van der Waals surface area contributed by atoms with E-state index in [1.807, 2.05) is 17.6 Å². The van der Waals surface area contributed by atoms with Crippen LogP contribution >= 0.6 is 0 Å². The highest BCUT2D eigenvalue weighted by Crippen LogP contribution is 2.26. The Morgan fingerprint density at radius 2 is 2.10 bits per heavy atom. The predicted molar refractivity (Wildman–Crippen MR) is 81.4 cm³/mol. The lowest BCUT2D eigenvalue weighted by molar-refractivity contribution is 0.125. The molecule has 0 saturated carbocycles. The minimum Gasteiger partial charge on any atom is -0.391 e. The number of nitrogen functional groups attached to an aromatic ring is 1. The Balaban J connectivity index is 2.21. The molecule has 2 atom stereocenters. The van der Waals surface area contributed by atoms with Crippen LogP contribution in [-0.4, -0.2) is 25.7 Å². The summed E-state index contributed by atoms with van der Waals surface area (Å²) in [7, 11) is 0. The monoisotopic (exact) mass is 276 g/mol. The average molecular weight is 276 g/mol. The lowest BCUT2D eigenvalue weighted by atomic mass is 10.0. The van der Waals surface area contributed by atoms with Crippen molar-refractivity contribution in [1.82, 2.24) is 14.5 Å². The zero-order valence-electron chi connectivity index (χ0n) is 12.3. The number of aromatic nitrogens is 3. The summed E-state index contributed by atoms with van der Waals surface area (Å²) in [6, 6.07) is 1.94. The number of hydrogen-bond donors (Lipinski definition) is 2. The molecule has 2 aromatic heterocycles. The van der Waals surface area contributed by atoms with Crippen LogP contribution in [0.2, 0.25) is 0 Å². The molecule has 3 N–H and O–H groups in total. The molecule has 0 saturated heterocycles. The number of unbranched alkanes of at least 4 members (excludes halogenated alkanes) is 3. The molecule has 0 radical (unpaired) electrons. The fraction of sp³-hybridized carbons (Fsp3) is 0.600. The second-order valence-electron chi connectivity index (χ2n) is 5.37. The van der Waals surface area contributed by atoms with E-state index < -0.39 is 6.10 Å². The van der Waals surface area contributed by atoms with Crippen LogP contribution in [0.1, 0.15) is 52.0 Å². The fourth-order valence-corrected chi connectivity index (χ4v) is 2.64. The van der Waals surface area contributed by atoms with Gasteiger partial charge in [-0.1, -0.05) is 32.6 Å². The quantitative estimate of drug-likeness (QED) is 0.762. The molecule has 0 bridgehead atoms. The molecule has 2 rings (SSSR count). The molecule has 20 heavy (non-hydrogen) atoms. The predicted octanol–water partition coefficient (Wildman–Crippen LogP) is 2.91. The molecule has 2 aromatic rings. The van der Waals surface area contributed by atoms with Gasteiger partial charge in [0.05, 0.1) is 24.0 Å². The Bertz CT molecular complexity index is 550. The first-order valence-corrected chi connectivity index (χ1v) is 7.40. The molecule has 0 amide bonds. The SMILES string of the molecule is CCCCCCC(C(C)O)n1cnc2c(N)nccc21. The smallest absolute Gasteiger partial charge is 0.151 e. The first-order valence-electron chi connectivity index (χ1n) is 7.40. The number of aliphatic hydroxyl groups excluding tert-OH is 1. The van der Waals surface area contributed by atoms with E-state index in [-0.39, 0.29) is 6.04 Å². The molecule has 110 valence electrons. The zero-order valence-corrected chi connectivity index (χ0v) is 12.3. The first-order chi connectivity index (χ1) is 9.65. The van der Waals surface area contributed by atoms with Gasteiger partial charge in [0, 0.05) is 6.20 Å². The van der Waals surface area contributed by atoms with Crippen LogP contribution in [0.25, 0.3) is 11.0 Å². The minimum absolute atomic E-state index is 0.0404. The number of aliphatic hydroxyl groups is 1. The van der Waals surface area contributed by atoms with E-state index in [1.54, 1.807) is 12.5 Å². The highest BCUT2D eigenvalue weighted by atomic mass is 16.3.